The molecule has 0 saturated heterocycles. The van der Waals surface area contributed by atoms with Gasteiger partial charge in [-0.25, -0.2) is 8.78 Å². The summed E-state index contributed by atoms with van der Waals surface area (Å²) in [5.74, 6) is 0. The van der Waals surface area contributed by atoms with Crippen molar-refractivity contribution in [1.82, 2.24) is 4.98 Å². The molecule has 0 fully saturated rings. The number of alkyl halides is 2. The van der Waals surface area contributed by atoms with E-state index in [4.69, 9.17) is 0 Å². The van der Waals surface area contributed by atoms with Crippen LogP contribution in [0.2, 0.25) is 0 Å². The minimum absolute atomic E-state index is 0.0370. The van der Waals surface area contributed by atoms with Crippen LogP contribution in [0.1, 0.15) is 5.56 Å². The number of nitrogens with zero attached hydrogens (tertiary/aromatic N) is 1. The molecule has 1 heterocycles. The molecule has 0 spiro atoms. The zero-order valence-corrected chi connectivity index (χ0v) is 6.30. The Kier molecular flexibility index (Phi) is 2.70. The number of pyridine rings is 1. The van der Waals surface area contributed by atoms with Crippen LogP contribution in [-0.2, 0) is 5.60 Å². The number of hydrogen-bond acceptors (Lipinski definition) is 2. The average molecular weight is 172 g/mol. The van der Waals surface area contributed by atoms with Gasteiger partial charge < -0.3 is 5.11 Å². The van der Waals surface area contributed by atoms with Crippen LogP contribution in [0.25, 0.3) is 0 Å². The van der Waals surface area contributed by atoms with Crippen molar-refractivity contribution in [3.05, 3.63) is 30.1 Å². The summed E-state index contributed by atoms with van der Waals surface area (Å²) in [7, 11) is 0. The van der Waals surface area contributed by atoms with E-state index in [1.54, 1.807) is 0 Å². The van der Waals surface area contributed by atoms with Gasteiger partial charge in [-0.3, -0.25) is 4.98 Å². The number of aliphatic hydroxyl groups is 1. The third-order valence-electron chi connectivity index (χ3n) is 1.55. The second-order valence-corrected chi connectivity index (χ2v) is 2.46. The maximum Gasteiger partial charge on any atom is 0.148 e. The molecule has 12 heavy (non-hydrogen) atoms. The summed E-state index contributed by atoms with van der Waals surface area (Å²) in [4.78, 5) is 3.53. The lowest BCUT2D eigenvalue weighted by Gasteiger charge is -2.20. The molecule has 2 nitrogen and oxygen atoms in total. The van der Waals surface area contributed by atoms with Crippen molar-refractivity contribution < 1.29 is 13.9 Å². The van der Waals surface area contributed by atoms with Gasteiger partial charge in [-0.05, 0) is 6.07 Å². The molecule has 1 radical (unpaired) electrons. The number of aromatic nitrogens is 1. The Hall–Kier alpha value is -1.03. The van der Waals surface area contributed by atoms with Gasteiger partial charge in [-0.2, -0.15) is 0 Å². The molecule has 0 unspecified atom stereocenters. The highest BCUT2D eigenvalue weighted by molar-refractivity contribution is 5.16. The first kappa shape index (κ1) is 9.06. The van der Waals surface area contributed by atoms with Gasteiger partial charge in [0.25, 0.3) is 0 Å². The molecule has 4 heteroatoms. The van der Waals surface area contributed by atoms with Gasteiger partial charge in [0.15, 0.2) is 0 Å². The van der Waals surface area contributed by atoms with Gasteiger partial charge in [0.05, 0.1) is 6.20 Å². The van der Waals surface area contributed by atoms with Crippen molar-refractivity contribution in [3.8, 4) is 0 Å². The number of rotatable bonds is 3. The second kappa shape index (κ2) is 3.58. The average Bonchev–Trinajstić information content (AvgIpc) is 2.18. The lowest BCUT2D eigenvalue weighted by molar-refractivity contribution is -0.0116. The summed E-state index contributed by atoms with van der Waals surface area (Å²) >= 11 is 0. The minimum atomic E-state index is -2.08. The van der Waals surface area contributed by atoms with Crippen LogP contribution < -0.4 is 0 Å². The zero-order chi connectivity index (χ0) is 9.03. The highest BCUT2D eigenvalue weighted by Crippen LogP contribution is 2.20. The van der Waals surface area contributed by atoms with E-state index >= 15 is 0 Å². The lowest BCUT2D eigenvalue weighted by Crippen LogP contribution is -2.30. The van der Waals surface area contributed by atoms with E-state index in [0.29, 0.717) is 0 Å². The van der Waals surface area contributed by atoms with Gasteiger partial charge in [0.1, 0.15) is 19.0 Å². The van der Waals surface area contributed by atoms with E-state index < -0.39 is 19.0 Å². The maximum absolute atomic E-state index is 12.2. The Bertz CT molecular complexity index is 236. The molecule has 0 aliphatic carbocycles. The first-order valence-corrected chi connectivity index (χ1v) is 3.40. The highest BCUT2D eigenvalue weighted by Gasteiger charge is 2.29. The fourth-order valence-corrected chi connectivity index (χ4v) is 0.765. The highest BCUT2D eigenvalue weighted by atomic mass is 19.1. The van der Waals surface area contributed by atoms with Crippen LogP contribution in [0.4, 0.5) is 8.78 Å². The molecule has 0 atom stereocenters. The third-order valence-corrected chi connectivity index (χ3v) is 1.55. The summed E-state index contributed by atoms with van der Waals surface area (Å²) in [6.45, 7) is -2.35. The Morgan fingerprint density at radius 1 is 1.50 bits per heavy atom. The molecule has 1 aromatic rings. The molecule has 1 N–H and O–H groups in total. The Morgan fingerprint density at radius 2 is 2.17 bits per heavy atom. The fourth-order valence-electron chi connectivity index (χ4n) is 0.765. The molecule has 0 amide bonds. The van der Waals surface area contributed by atoms with Gasteiger partial charge >= 0.3 is 0 Å². The predicted octanol–water partition coefficient (Wildman–Crippen LogP) is 1.01. The van der Waals surface area contributed by atoms with Crippen molar-refractivity contribution in [1.29, 1.82) is 0 Å². The Morgan fingerprint density at radius 3 is 2.58 bits per heavy atom. The molecule has 0 aliphatic heterocycles. The quantitative estimate of drug-likeness (QED) is 0.738. The van der Waals surface area contributed by atoms with Crippen molar-refractivity contribution in [2.24, 2.45) is 0 Å². The first-order chi connectivity index (χ1) is 5.73. The van der Waals surface area contributed by atoms with E-state index in [1.165, 1.54) is 18.3 Å². The van der Waals surface area contributed by atoms with Gasteiger partial charge in [-0.1, -0.05) is 6.07 Å². The largest absolute Gasteiger partial charge is 0.380 e. The Labute approximate surface area is 68.9 Å². The molecule has 65 valence electrons. The van der Waals surface area contributed by atoms with Crippen LogP contribution in [0.3, 0.4) is 0 Å². The van der Waals surface area contributed by atoms with Crippen LogP contribution in [0.15, 0.2) is 18.3 Å². The summed E-state index contributed by atoms with van der Waals surface area (Å²) in [5, 5.41) is 9.28. The summed E-state index contributed by atoms with van der Waals surface area (Å²) < 4.78 is 24.4. The number of hydrogen-bond donors (Lipinski definition) is 1. The van der Waals surface area contributed by atoms with Gasteiger partial charge in [-0.15, -0.1) is 0 Å². The van der Waals surface area contributed by atoms with E-state index in [1.807, 2.05) is 0 Å². The molecular formula is C8H8F2NO. The minimum Gasteiger partial charge on any atom is -0.380 e. The molecule has 0 aliphatic rings. The summed E-state index contributed by atoms with van der Waals surface area (Å²) in [6, 6.07) is 2.87. The van der Waals surface area contributed by atoms with Crippen molar-refractivity contribution in [2.45, 2.75) is 5.60 Å². The molecule has 1 rings (SSSR count). The zero-order valence-electron chi connectivity index (χ0n) is 6.30. The molecular weight excluding hydrogens is 164 g/mol. The van der Waals surface area contributed by atoms with E-state index in [2.05, 4.69) is 11.2 Å². The predicted molar refractivity (Wildman–Crippen MR) is 38.9 cm³/mol. The van der Waals surface area contributed by atoms with Crippen LogP contribution in [0.5, 0.6) is 0 Å². The summed E-state index contributed by atoms with van der Waals surface area (Å²) in [6.07, 6.45) is 3.75. The van der Waals surface area contributed by atoms with Crippen LogP contribution in [0, 0.1) is 6.20 Å². The molecule has 0 aromatic carbocycles. The van der Waals surface area contributed by atoms with E-state index in [9.17, 15) is 13.9 Å². The monoisotopic (exact) mass is 172 g/mol. The number of halogens is 2. The first-order valence-electron chi connectivity index (χ1n) is 3.40. The topological polar surface area (TPSA) is 33.1 Å². The van der Waals surface area contributed by atoms with Crippen LogP contribution in [-0.4, -0.2) is 23.4 Å². The van der Waals surface area contributed by atoms with E-state index in [-0.39, 0.29) is 5.56 Å². The standard InChI is InChI=1S/C8H8F2NO/c9-5-8(12,6-10)7-2-1-3-11-4-7/h1-3,12H,5-6H2. The van der Waals surface area contributed by atoms with Crippen molar-refractivity contribution in [2.75, 3.05) is 13.3 Å². The summed E-state index contributed by atoms with van der Waals surface area (Å²) in [5.41, 5.74) is -2.04. The SMILES string of the molecule is OC(CF)(CF)c1[c]nccc1. The fraction of sp³-hybridized carbons (Fsp3) is 0.375. The molecule has 1 aromatic heterocycles. The maximum atomic E-state index is 12.2. The van der Waals surface area contributed by atoms with Crippen molar-refractivity contribution in [3.63, 3.8) is 0 Å². The Balaban J connectivity index is 2.95. The van der Waals surface area contributed by atoms with Crippen molar-refractivity contribution >= 4 is 0 Å². The second-order valence-electron chi connectivity index (χ2n) is 2.46. The lowest BCUT2D eigenvalue weighted by atomic mass is 9.99. The molecule has 0 saturated carbocycles. The van der Waals surface area contributed by atoms with Crippen LogP contribution >= 0.6 is 0 Å². The van der Waals surface area contributed by atoms with Gasteiger partial charge in [0.2, 0.25) is 0 Å². The third kappa shape index (κ3) is 1.58. The smallest absolute Gasteiger partial charge is 0.148 e. The normalized spacial score (nSPS) is 11.6. The van der Waals surface area contributed by atoms with E-state index in [0.717, 1.165) is 0 Å². The molecule has 0 bridgehead atoms. The van der Waals surface area contributed by atoms with Gasteiger partial charge in [0, 0.05) is 11.8 Å².